The van der Waals surface area contributed by atoms with Crippen molar-refractivity contribution in [2.24, 2.45) is 0 Å². The van der Waals surface area contributed by atoms with Gasteiger partial charge in [-0.25, -0.2) is 4.98 Å². The first kappa shape index (κ1) is 8.71. The van der Waals surface area contributed by atoms with Crippen LogP contribution in [0.5, 0.6) is 0 Å². The van der Waals surface area contributed by atoms with Gasteiger partial charge in [0.25, 0.3) is 0 Å². The summed E-state index contributed by atoms with van der Waals surface area (Å²) in [5.41, 5.74) is 1.07. The standard InChI is InChI=1S/C11H14N4/c1-2-6-15(7-3-1)11-10-9(4-5-12-11)8-13-14-10/h4-5,8H,1-3,6-7H2,(H,13,14). The van der Waals surface area contributed by atoms with E-state index in [9.17, 15) is 0 Å². The van der Waals surface area contributed by atoms with E-state index in [2.05, 4.69) is 20.1 Å². The van der Waals surface area contributed by atoms with E-state index in [4.69, 9.17) is 0 Å². The van der Waals surface area contributed by atoms with Gasteiger partial charge in [0.2, 0.25) is 0 Å². The zero-order valence-corrected chi connectivity index (χ0v) is 8.61. The van der Waals surface area contributed by atoms with E-state index in [0.717, 1.165) is 29.8 Å². The van der Waals surface area contributed by atoms with Crippen molar-refractivity contribution in [3.8, 4) is 0 Å². The molecule has 2 aromatic rings. The molecule has 1 saturated heterocycles. The summed E-state index contributed by atoms with van der Waals surface area (Å²) in [7, 11) is 0. The molecule has 78 valence electrons. The highest BCUT2D eigenvalue weighted by Gasteiger charge is 2.15. The third-order valence-electron chi connectivity index (χ3n) is 3.00. The summed E-state index contributed by atoms with van der Waals surface area (Å²) in [4.78, 5) is 6.81. The lowest BCUT2D eigenvalue weighted by Gasteiger charge is -2.27. The first-order valence-electron chi connectivity index (χ1n) is 5.48. The van der Waals surface area contributed by atoms with Gasteiger partial charge < -0.3 is 4.90 Å². The molecule has 4 nitrogen and oxygen atoms in total. The predicted octanol–water partition coefficient (Wildman–Crippen LogP) is 1.95. The maximum absolute atomic E-state index is 4.46. The molecule has 0 atom stereocenters. The second-order valence-corrected chi connectivity index (χ2v) is 4.02. The van der Waals surface area contributed by atoms with E-state index in [1.807, 2.05) is 18.5 Å². The average molecular weight is 202 g/mol. The molecule has 3 rings (SSSR count). The highest BCUT2D eigenvalue weighted by atomic mass is 15.2. The molecule has 0 aliphatic carbocycles. The van der Waals surface area contributed by atoms with Gasteiger partial charge in [-0.2, -0.15) is 5.10 Å². The molecule has 15 heavy (non-hydrogen) atoms. The minimum absolute atomic E-state index is 1.06. The number of nitrogens with zero attached hydrogens (tertiary/aromatic N) is 3. The second kappa shape index (κ2) is 3.53. The molecule has 0 spiro atoms. The molecule has 0 unspecified atom stereocenters. The van der Waals surface area contributed by atoms with Gasteiger partial charge >= 0.3 is 0 Å². The quantitative estimate of drug-likeness (QED) is 0.768. The Morgan fingerprint density at radius 2 is 2.07 bits per heavy atom. The fraction of sp³-hybridized carbons (Fsp3) is 0.455. The number of hydrogen-bond acceptors (Lipinski definition) is 3. The number of fused-ring (bicyclic) bond motifs is 1. The van der Waals surface area contributed by atoms with E-state index in [-0.39, 0.29) is 0 Å². The fourth-order valence-corrected chi connectivity index (χ4v) is 2.20. The van der Waals surface area contributed by atoms with Crippen molar-refractivity contribution in [2.75, 3.05) is 18.0 Å². The molecule has 0 aromatic carbocycles. The molecule has 2 aromatic heterocycles. The Bertz CT molecular complexity index is 456. The Labute approximate surface area is 88.3 Å². The first-order valence-corrected chi connectivity index (χ1v) is 5.48. The van der Waals surface area contributed by atoms with Gasteiger partial charge in [0, 0.05) is 24.7 Å². The van der Waals surface area contributed by atoms with E-state index >= 15 is 0 Å². The fourth-order valence-electron chi connectivity index (χ4n) is 2.20. The Hall–Kier alpha value is -1.58. The third-order valence-corrected chi connectivity index (χ3v) is 3.00. The van der Waals surface area contributed by atoms with Gasteiger partial charge in [0.05, 0.1) is 6.20 Å². The predicted molar refractivity (Wildman–Crippen MR) is 60.0 cm³/mol. The normalized spacial score (nSPS) is 17.2. The second-order valence-electron chi connectivity index (χ2n) is 4.02. The van der Waals surface area contributed by atoms with Crippen molar-refractivity contribution in [2.45, 2.75) is 19.3 Å². The van der Waals surface area contributed by atoms with Crippen LogP contribution in [0.4, 0.5) is 5.82 Å². The summed E-state index contributed by atoms with van der Waals surface area (Å²) < 4.78 is 0. The Kier molecular flexibility index (Phi) is 2.05. The van der Waals surface area contributed by atoms with Crippen molar-refractivity contribution < 1.29 is 0 Å². The molecule has 0 radical (unpaired) electrons. The van der Waals surface area contributed by atoms with Crippen LogP contribution in [0, 0.1) is 0 Å². The number of anilines is 1. The van der Waals surface area contributed by atoms with Crippen LogP contribution in [0.15, 0.2) is 18.5 Å². The highest BCUT2D eigenvalue weighted by Crippen LogP contribution is 2.24. The van der Waals surface area contributed by atoms with Crippen LogP contribution in [0.2, 0.25) is 0 Å². The summed E-state index contributed by atoms with van der Waals surface area (Å²) in [6.45, 7) is 2.23. The van der Waals surface area contributed by atoms with Crippen molar-refractivity contribution >= 4 is 16.7 Å². The lowest BCUT2D eigenvalue weighted by molar-refractivity contribution is 0.574. The lowest BCUT2D eigenvalue weighted by atomic mass is 10.1. The highest BCUT2D eigenvalue weighted by molar-refractivity contribution is 5.87. The molecular formula is C11H14N4. The zero-order valence-electron chi connectivity index (χ0n) is 8.61. The van der Waals surface area contributed by atoms with Crippen molar-refractivity contribution in [3.05, 3.63) is 18.5 Å². The molecule has 1 N–H and O–H groups in total. The number of rotatable bonds is 1. The van der Waals surface area contributed by atoms with Gasteiger partial charge in [0.1, 0.15) is 5.52 Å². The van der Waals surface area contributed by atoms with E-state index in [1.54, 1.807) is 0 Å². The molecule has 0 bridgehead atoms. The van der Waals surface area contributed by atoms with Crippen LogP contribution in [0.1, 0.15) is 19.3 Å². The van der Waals surface area contributed by atoms with Crippen LogP contribution < -0.4 is 4.90 Å². The summed E-state index contributed by atoms with van der Waals surface area (Å²) in [5, 5.41) is 8.24. The summed E-state index contributed by atoms with van der Waals surface area (Å²) in [5.74, 6) is 1.06. The van der Waals surface area contributed by atoms with Gasteiger partial charge in [-0.15, -0.1) is 0 Å². The number of aromatic amines is 1. The van der Waals surface area contributed by atoms with Crippen LogP contribution in [-0.4, -0.2) is 28.3 Å². The molecule has 1 aliphatic heterocycles. The molecular weight excluding hydrogens is 188 g/mol. The molecule has 3 heterocycles. The van der Waals surface area contributed by atoms with Gasteiger partial charge in [-0.05, 0) is 25.3 Å². The first-order chi connectivity index (χ1) is 7.45. The molecule has 1 fully saturated rings. The minimum atomic E-state index is 1.06. The van der Waals surface area contributed by atoms with E-state index in [1.165, 1.54) is 19.3 Å². The largest absolute Gasteiger partial charge is 0.355 e. The Balaban J connectivity index is 2.05. The topological polar surface area (TPSA) is 44.8 Å². The summed E-state index contributed by atoms with van der Waals surface area (Å²) >= 11 is 0. The number of H-pyrrole nitrogens is 1. The summed E-state index contributed by atoms with van der Waals surface area (Å²) in [6, 6.07) is 1.99. The van der Waals surface area contributed by atoms with Gasteiger partial charge in [-0.1, -0.05) is 0 Å². The molecule has 1 aliphatic rings. The Morgan fingerprint density at radius 1 is 1.20 bits per heavy atom. The van der Waals surface area contributed by atoms with Crippen LogP contribution >= 0.6 is 0 Å². The van der Waals surface area contributed by atoms with Gasteiger partial charge in [-0.3, -0.25) is 5.10 Å². The smallest absolute Gasteiger partial charge is 0.154 e. The minimum Gasteiger partial charge on any atom is -0.355 e. The van der Waals surface area contributed by atoms with Crippen molar-refractivity contribution in [1.29, 1.82) is 0 Å². The number of aromatic nitrogens is 3. The number of nitrogens with one attached hydrogen (secondary N) is 1. The lowest BCUT2D eigenvalue weighted by Crippen LogP contribution is -2.30. The van der Waals surface area contributed by atoms with Crippen LogP contribution in [0.3, 0.4) is 0 Å². The zero-order chi connectivity index (χ0) is 10.1. The maximum atomic E-state index is 4.46. The molecule has 4 heteroatoms. The van der Waals surface area contributed by atoms with Crippen molar-refractivity contribution in [1.82, 2.24) is 15.2 Å². The van der Waals surface area contributed by atoms with Crippen LogP contribution in [0.25, 0.3) is 10.9 Å². The van der Waals surface area contributed by atoms with Crippen LogP contribution in [-0.2, 0) is 0 Å². The molecule has 0 amide bonds. The van der Waals surface area contributed by atoms with E-state index in [0.29, 0.717) is 0 Å². The maximum Gasteiger partial charge on any atom is 0.154 e. The monoisotopic (exact) mass is 202 g/mol. The Morgan fingerprint density at radius 3 is 2.93 bits per heavy atom. The SMILES string of the molecule is c1cc2cn[nH]c2c(N2CCCCC2)n1. The molecule has 0 saturated carbocycles. The number of piperidine rings is 1. The average Bonchev–Trinajstić information content (AvgIpc) is 2.78. The number of hydrogen-bond donors (Lipinski definition) is 1. The number of pyridine rings is 1. The third kappa shape index (κ3) is 1.46. The van der Waals surface area contributed by atoms with E-state index < -0.39 is 0 Å². The summed E-state index contributed by atoms with van der Waals surface area (Å²) in [6.07, 6.45) is 7.60. The van der Waals surface area contributed by atoms with Crippen molar-refractivity contribution in [3.63, 3.8) is 0 Å². The van der Waals surface area contributed by atoms with Gasteiger partial charge in [0.15, 0.2) is 5.82 Å².